The van der Waals surface area contributed by atoms with Crippen LogP contribution in [0.3, 0.4) is 0 Å². The van der Waals surface area contributed by atoms with E-state index in [1.165, 1.54) is 25.7 Å². The molecule has 0 radical (unpaired) electrons. The van der Waals surface area contributed by atoms with Crippen molar-refractivity contribution in [3.05, 3.63) is 28.2 Å². The standard InChI is InChI=1S/C16H23BrO2/c1-14-15(17)10-9-11-16(14)19-13-8-6-4-2-3-5-7-12-18/h9-12H,2-8,13H2,1H3. The molecule has 1 aromatic carbocycles. The lowest BCUT2D eigenvalue weighted by molar-refractivity contribution is -0.107. The maximum atomic E-state index is 10.1. The Morgan fingerprint density at radius 2 is 1.79 bits per heavy atom. The Kier molecular flexibility index (Phi) is 8.55. The third kappa shape index (κ3) is 6.76. The Hall–Kier alpha value is -0.830. The number of ether oxygens (including phenoxy) is 1. The maximum Gasteiger partial charge on any atom is 0.123 e. The molecule has 19 heavy (non-hydrogen) atoms. The lowest BCUT2D eigenvalue weighted by Crippen LogP contribution is -1.99. The third-order valence-electron chi connectivity index (χ3n) is 3.19. The molecule has 0 heterocycles. The van der Waals surface area contributed by atoms with Gasteiger partial charge in [0.1, 0.15) is 12.0 Å². The highest BCUT2D eigenvalue weighted by Gasteiger charge is 2.02. The van der Waals surface area contributed by atoms with E-state index in [1.807, 2.05) is 18.2 Å². The first kappa shape index (κ1) is 16.2. The molecule has 0 amide bonds. The van der Waals surface area contributed by atoms with Crippen LogP contribution in [0.2, 0.25) is 0 Å². The van der Waals surface area contributed by atoms with E-state index in [1.54, 1.807) is 0 Å². The van der Waals surface area contributed by atoms with E-state index in [0.29, 0.717) is 6.42 Å². The average molecular weight is 327 g/mol. The van der Waals surface area contributed by atoms with Crippen LogP contribution in [0.25, 0.3) is 0 Å². The van der Waals surface area contributed by atoms with Crippen LogP contribution >= 0.6 is 15.9 Å². The molecule has 0 atom stereocenters. The molecule has 106 valence electrons. The van der Waals surface area contributed by atoms with Crippen LogP contribution in [0.4, 0.5) is 0 Å². The van der Waals surface area contributed by atoms with E-state index in [0.717, 1.165) is 41.5 Å². The number of halogens is 1. The van der Waals surface area contributed by atoms with Crippen LogP contribution in [-0.2, 0) is 4.79 Å². The van der Waals surface area contributed by atoms with Gasteiger partial charge in [-0.3, -0.25) is 0 Å². The summed E-state index contributed by atoms with van der Waals surface area (Å²) in [5, 5.41) is 0. The predicted octanol–water partition coefficient (Wildman–Crippen LogP) is 5.07. The Morgan fingerprint density at radius 3 is 2.53 bits per heavy atom. The molecule has 0 aliphatic rings. The summed E-state index contributed by atoms with van der Waals surface area (Å²) < 4.78 is 6.88. The Labute approximate surface area is 124 Å². The van der Waals surface area contributed by atoms with E-state index < -0.39 is 0 Å². The van der Waals surface area contributed by atoms with Crippen LogP contribution in [0.5, 0.6) is 5.75 Å². The minimum atomic E-state index is 0.714. The molecular formula is C16H23BrO2. The molecular weight excluding hydrogens is 304 g/mol. The first-order valence-corrected chi connectivity index (χ1v) is 7.86. The van der Waals surface area contributed by atoms with Crippen molar-refractivity contribution in [3.63, 3.8) is 0 Å². The Balaban J connectivity index is 2.05. The second-order valence-corrected chi connectivity index (χ2v) is 5.64. The molecule has 0 saturated heterocycles. The van der Waals surface area contributed by atoms with E-state index in [2.05, 4.69) is 22.9 Å². The van der Waals surface area contributed by atoms with Gasteiger partial charge in [0.25, 0.3) is 0 Å². The summed E-state index contributed by atoms with van der Waals surface area (Å²) in [6.45, 7) is 2.85. The number of rotatable bonds is 10. The van der Waals surface area contributed by atoms with Gasteiger partial charge in [-0.25, -0.2) is 0 Å². The molecule has 0 aliphatic heterocycles. The van der Waals surface area contributed by atoms with Crippen LogP contribution in [-0.4, -0.2) is 12.9 Å². The normalized spacial score (nSPS) is 10.4. The highest BCUT2D eigenvalue weighted by atomic mass is 79.9. The second-order valence-electron chi connectivity index (χ2n) is 4.79. The highest BCUT2D eigenvalue weighted by Crippen LogP contribution is 2.25. The van der Waals surface area contributed by atoms with E-state index in [4.69, 9.17) is 4.74 Å². The van der Waals surface area contributed by atoms with Gasteiger partial charge in [0, 0.05) is 16.5 Å². The molecule has 2 nitrogen and oxygen atoms in total. The number of carbonyl (C=O) groups is 1. The van der Waals surface area contributed by atoms with Gasteiger partial charge in [-0.15, -0.1) is 0 Å². The zero-order chi connectivity index (χ0) is 13.9. The monoisotopic (exact) mass is 326 g/mol. The van der Waals surface area contributed by atoms with Gasteiger partial charge in [0.05, 0.1) is 6.61 Å². The second kappa shape index (κ2) is 10.0. The number of hydrogen-bond acceptors (Lipinski definition) is 2. The summed E-state index contributed by atoms with van der Waals surface area (Å²) in [5.41, 5.74) is 1.16. The van der Waals surface area contributed by atoms with Gasteiger partial charge in [-0.05, 0) is 31.9 Å². The van der Waals surface area contributed by atoms with Crippen molar-refractivity contribution >= 4 is 22.2 Å². The lowest BCUT2D eigenvalue weighted by atomic mass is 10.1. The quantitative estimate of drug-likeness (QED) is 0.443. The number of hydrogen-bond donors (Lipinski definition) is 0. The third-order valence-corrected chi connectivity index (χ3v) is 4.05. The summed E-state index contributed by atoms with van der Waals surface area (Å²) >= 11 is 3.51. The molecule has 0 aromatic heterocycles. The van der Waals surface area contributed by atoms with Crippen LogP contribution < -0.4 is 4.74 Å². The van der Waals surface area contributed by atoms with Crippen LogP contribution in [0.15, 0.2) is 22.7 Å². The van der Waals surface area contributed by atoms with Gasteiger partial charge in [-0.2, -0.15) is 0 Å². The average Bonchev–Trinajstić information content (AvgIpc) is 2.41. The topological polar surface area (TPSA) is 26.3 Å². The van der Waals surface area contributed by atoms with Crippen molar-refractivity contribution in [1.82, 2.24) is 0 Å². The Morgan fingerprint density at radius 1 is 1.11 bits per heavy atom. The minimum absolute atomic E-state index is 0.714. The fraction of sp³-hybridized carbons (Fsp3) is 0.562. The maximum absolute atomic E-state index is 10.1. The molecule has 1 rings (SSSR count). The molecule has 0 N–H and O–H groups in total. The van der Waals surface area contributed by atoms with Crippen molar-refractivity contribution in [2.24, 2.45) is 0 Å². The smallest absolute Gasteiger partial charge is 0.123 e. The zero-order valence-electron chi connectivity index (χ0n) is 11.7. The molecule has 0 fully saturated rings. The summed E-state index contributed by atoms with van der Waals surface area (Å²) in [6.07, 6.45) is 8.69. The van der Waals surface area contributed by atoms with Crippen LogP contribution in [0.1, 0.15) is 50.5 Å². The molecule has 0 saturated carbocycles. The van der Waals surface area contributed by atoms with Gasteiger partial charge >= 0.3 is 0 Å². The predicted molar refractivity (Wildman–Crippen MR) is 82.8 cm³/mol. The number of aldehydes is 1. The van der Waals surface area contributed by atoms with Crippen molar-refractivity contribution < 1.29 is 9.53 Å². The fourth-order valence-corrected chi connectivity index (χ4v) is 2.31. The Bertz CT molecular complexity index is 377. The van der Waals surface area contributed by atoms with Crippen molar-refractivity contribution in [2.75, 3.05) is 6.61 Å². The van der Waals surface area contributed by atoms with E-state index in [-0.39, 0.29) is 0 Å². The van der Waals surface area contributed by atoms with E-state index >= 15 is 0 Å². The summed E-state index contributed by atoms with van der Waals surface area (Å²) in [4.78, 5) is 10.1. The van der Waals surface area contributed by atoms with Crippen molar-refractivity contribution in [2.45, 2.75) is 51.9 Å². The SMILES string of the molecule is Cc1c(Br)cccc1OCCCCCCCCC=O. The van der Waals surface area contributed by atoms with Crippen molar-refractivity contribution in [1.29, 1.82) is 0 Å². The number of unbranched alkanes of at least 4 members (excludes halogenated alkanes) is 6. The van der Waals surface area contributed by atoms with Gasteiger partial charge in [0.2, 0.25) is 0 Å². The summed E-state index contributed by atoms with van der Waals surface area (Å²) in [5.74, 6) is 0.973. The number of carbonyl (C=O) groups excluding carboxylic acids is 1. The van der Waals surface area contributed by atoms with Gasteiger partial charge in [-0.1, -0.05) is 47.7 Å². The first-order chi connectivity index (χ1) is 9.25. The van der Waals surface area contributed by atoms with Crippen molar-refractivity contribution in [3.8, 4) is 5.75 Å². The minimum Gasteiger partial charge on any atom is -0.493 e. The summed E-state index contributed by atoms with van der Waals surface area (Å²) in [7, 11) is 0. The molecule has 0 aliphatic carbocycles. The largest absolute Gasteiger partial charge is 0.493 e. The molecule has 0 bridgehead atoms. The lowest BCUT2D eigenvalue weighted by Gasteiger charge is -2.10. The van der Waals surface area contributed by atoms with Crippen LogP contribution in [0, 0.1) is 6.92 Å². The summed E-state index contributed by atoms with van der Waals surface area (Å²) in [6, 6.07) is 6.04. The highest BCUT2D eigenvalue weighted by molar-refractivity contribution is 9.10. The molecule has 0 spiro atoms. The fourth-order valence-electron chi connectivity index (χ4n) is 1.96. The van der Waals surface area contributed by atoms with Gasteiger partial charge < -0.3 is 9.53 Å². The molecule has 1 aromatic rings. The molecule has 3 heteroatoms. The molecule has 0 unspecified atom stereocenters. The zero-order valence-corrected chi connectivity index (χ0v) is 13.2. The van der Waals surface area contributed by atoms with Gasteiger partial charge in [0.15, 0.2) is 0 Å². The number of benzene rings is 1. The van der Waals surface area contributed by atoms with E-state index in [9.17, 15) is 4.79 Å². The first-order valence-electron chi connectivity index (χ1n) is 7.07.